The van der Waals surface area contributed by atoms with Crippen molar-refractivity contribution >= 4 is 33.7 Å². The molecule has 5 nitrogen and oxygen atoms in total. The summed E-state index contributed by atoms with van der Waals surface area (Å²) < 4.78 is 6.93. The second-order valence-corrected chi connectivity index (χ2v) is 8.76. The molecule has 2 aliphatic heterocycles. The number of aromatic nitrogens is 1. The minimum atomic E-state index is -0.359. The first kappa shape index (κ1) is 19.3. The Morgan fingerprint density at radius 2 is 1.81 bits per heavy atom. The number of fused-ring (bicyclic) bond motifs is 5. The van der Waals surface area contributed by atoms with Gasteiger partial charge in [0, 0.05) is 36.8 Å². The standard InChI is InChI=1S/C27H24N2O3/c1-32-27(31)21-8-5-9-22-24(21)25-20-12-13-28(15-17-6-3-2-4-7-17)16-19(20)14-18-10-11-23(30)29(22)26(18)25/h2-9,14H,10-13,15-16H2,1H3. The van der Waals surface area contributed by atoms with Gasteiger partial charge in [0.25, 0.3) is 0 Å². The van der Waals surface area contributed by atoms with Crippen LogP contribution in [0.2, 0.25) is 0 Å². The molecule has 3 aromatic carbocycles. The average Bonchev–Trinajstić information content (AvgIpc) is 3.18. The molecule has 0 unspecified atom stereocenters. The van der Waals surface area contributed by atoms with E-state index in [9.17, 15) is 9.59 Å². The zero-order valence-electron chi connectivity index (χ0n) is 18.1. The Balaban J connectivity index is 1.57. The van der Waals surface area contributed by atoms with Gasteiger partial charge < -0.3 is 4.74 Å². The maximum Gasteiger partial charge on any atom is 0.338 e. The van der Waals surface area contributed by atoms with Gasteiger partial charge in [-0.25, -0.2) is 4.79 Å². The second kappa shape index (κ2) is 7.31. The highest BCUT2D eigenvalue weighted by atomic mass is 16.5. The molecule has 0 spiro atoms. The third kappa shape index (κ3) is 2.81. The molecule has 1 aromatic heterocycles. The first-order valence-corrected chi connectivity index (χ1v) is 11.1. The van der Waals surface area contributed by atoms with E-state index in [0.717, 1.165) is 54.3 Å². The highest BCUT2D eigenvalue weighted by Crippen LogP contribution is 2.41. The van der Waals surface area contributed by atoms with Crippen LogP contribution in [0.5, 0.6) is 0 Å². The van der Waals surface area contributed by atoms with Crippen LogP contribution in [0, 0.1) is 0 Å². The Morgan fingerprint density at radius 3 is 2.62 bits per heavy atom. The highest BCUT2D eigenvalue weighted by Gasteiger charge is 2.30. The summed E-state index contributed by atoms with van der Waals surface area (Å²) in [5.74, 6) is -0.261. The molecule has 32 heavy (non-hydrogen) atoms. The molecule has 0 atom stereocenters. The predicted molar refractivity (Wildman–Crippen MR) is 124 cm³/mol. The van der Waals surface area contributed by atoms with Crippen LogP contribution in [0.15, 0.2) is 54.6 Å². The maximum absolute atomic E-state index is 13.0. The van der Waals surface area contributed by atoms with Gasteiger partial charge in [-0.2, -0.15) is 0 Å². The number of hydrogen-bond donors (Lipinski definition) is 0. The lowest BCUT2D eigenvalue weighted by Crippen LogP contribution is -2.30. The van der Waals surface area contributed by atoms with E-state index in [4.69, 9.17) is 4.74 Å². The molecular formula is C27H24N2O3. The quantitative estimate of drug-likeness (QED) is 0.447. The fourth-order valence-corrected chi connectivity index (χ4v) is 5.54. The van der Waals surface area contributed by atoms with E-state index in [1.54, 1.807) is 0 Å². The van der Waals surface area contributed by atoms with E-state index in [-0.39, 0.29) is 11.9 Å². The first-order chi connectivity index (χ1) is 15.7. The molecule has 160 valence electrons. The number of nitrogens with zero attached hydrogens (tertiary/aromatic N) is 2. The molecule has 0 bridgehead atoms. The SMILES string of the molecule is COC(=O)c1cccc2c1c1c3c(cc4c1n2C(=O)CC4)CN(Cc1ccccc1)CC3. The van der Waals surface area contributed by atoms with Crippen LogP contribution in [0.1, 0.15) is 43.8 Å². The third-order valence-electron chi connectivity index (χ3n) is 6.92. The van der Waals surface area contributed by atoms with E-state index in [1.165, 1.54) is 29.4 Å². The van der Waals surface area contributed by atoms with Crippen molar-refractivity contribution in [2.24, 2.45) is 0 Å². The van der Waals surface area contributed by atoms with Gasteiger partial charge in [0.05, 0.1) is 23.7 Å². The molecule has 0 aliphatic carbocycles. The molecule has 0 N–H and O–H groups in total. The summed E-state index contributed by atoms with van der Waals surface area (Å²) in [4.78, 5) is 28.1. The van der Waals surface area contributed by atoms with Crippen molar-refractivity contribution in [3.63, 3.8) is 0 Å². The van der Waals surface area contributed by atoms with Crippen molar-refractivity contribution in [1.82, 2.24) is 9.47 Å². The Morgan fingerprint density at radius 1 is 0.969 bits per heavy atom. The lowest BCUT2D eigenvalue weighted by molar-refractivity contribution is 0.0602. The van der Waals surface area contributed by atoms with Gasteiger partial charge in [-0.15, -0.1) is 0 Å². The molecule has 5 heteroatoms. The van der Waals surface area contributed by atoms with E-state index in [0.29, 0.717) is 12.0 Å². The third-order valence-corrected chi connectivity index (χ3v) is 6.92. The zero-order valence-corrected chi connectivity index (χ0v) is 18.1. The van der Waals surface area contributed by atoms with Gasteiger partial charge in [0.2, 0.25) is 5.91 Å². The Kier molecular flexibility index (Phi) is 4.40. The number of hydrogen-bond acceptors (Lipinski definition) is 4. The fraction of sp³-hybridized carbons (Fsp3) is 0.259. The lowest BCUT2D eigenvalue weighted by Gasteiger charge is -2.30. The monoisotopic (exact) mass is 424 g/mol. The van der Waals surface area contributed by atoms with Gasteiger partial charge in [0.15, 0.2) is 0 Å². The van der Waals surface area contributed by atoms with E-state index in [2.05, 4.69) is 35.2 Å². The van der Waals surface area contributed by atoms with Crippen molar-refractivity contribution in [2.75, 3.05) is 13.7 Å². The van der Waals surface area contributed by atoms with Gasteiger partial charge in [-0.1, -0.05) is 42.5 Å². The minimum absolute atomic E-state index is 0.0981. The van der Waals surface area contributed by atoms with E-state index < -0.39 is 0 Å². The number of aryl methyl sites for hydroxylation is 1. The molecule has 0 saturated carbocycles. The summed E-state index contributed by atoms with van der Waals surface area (Å²) in [6.07, 6.45) is 2.12. The van der Waals surface area contributed by atoms with Crippen molar-refractivity contribution in [2.45, 2.75) is 32.4 Å². The number of ether oxygens (including phenoxy) is 1. The largest absolute Gasteiger partial charge is 0.465 e. The molecule has 2 aliphatic rings. The van der Waals surface area contributed by atoms with E-state index >= 15 is 0 Å². The number of carbonyl (C=O) groups is 2. The highest BCUT2D eigenvalue weighted by molar-refractivity contribution is 6.22. The van der Waals surface area contributed by atoms with Crippen LogP contribution in [-0.2, 0) is 30.7 Å². The summed E-state index contributed by atoms with van der Waals surface area (Å²) >= 11 is 0. The smallest absolute Gasteiger partial charge is 0.338 e. The predicted octanol–water partition coefficient (Wildman–Crippen LogP) is 4.73. The second-order valence-electron chi connectivity index (χ2n) is 8.76. The summed E-state index contributed by atoms with van der Waals surface area (Å²) in [5, 5.41) is 1.93. The van der Waals surface area contributed by atoms with Crippen molar-refractivity contribution in [3.05, 3.63) is 82.4 Å². The summed E-state index contributed by atoms with van der Waals surface area (Å²) in [6.45, 7) is 2.73. The molecule has 0 amide bonds. The molecule has 0 radical (unpaired) electrons. The number of benzene rings is 3. The fourth-order valence-electron chi connectivity index (χ4n) is 5.54. The van der Waals surface area contributed by atoms with Crippen LogP contribution in [0.25, 0.3) is 21.8 Å². The van der Waals surface area contributed by atoms with E-state index in [1.807, 2.05) is 28.8 Å². The van der Waals surface area contributed by atoms with Gasteiger partial charge >= 0.3 is 5.97 Å². The van der Waals surface area contributed by atoms with Crippen LogP contribution < -0.4 is 0 Å². The zero-order chi connectivity index (χ0) is 21.8. The minimum Gasteiger partial charge on any atom is -0.465 e. The maximum atomic E-state index is 13.0. The number of rotatable bonds is 3. The van der Waals surface area contributed by atoms with Crippen LogP contribution >= 0.6 is 0 Å². The summed E-state index contributed by atoms with van der Waals surface area (Å²) in [6, 6.07) is 18.5. The average molecular weight is 425 g/mol. The molecular weight excluding hydrogens is 400 g/mol. The van der Waals surface area contributed by atoms with Gasteiger partial charge in [0.1, 0.15) is 0 Å². The molecule has 0 fully saturated rings. The van der Waals surface area contributed by atoms with Crippen LogP contribution in [-0.4, -0.2) is 35.0 Å². The topological polar surface area (TPSA) is 51.5 Å². The van der Waals surface area contributed by atoms with Crippen LogP contribution in [0.4, 0.5) is 0 Å². The number of carbonyl (C=O) groups excluding carboxylic acids is 2. The van der Waals surface area contributed by atoms with Crippen molar-refractivity contribution in [1.29, 1.82) is 0 Å². The van der Waals surface area contributed by atoms with Crippen LogP contribution in [0.3, 0.4) is 0 Å². The molecule has 0 saturated heterocycles. The van der Waals surface area contributed by atoms with Crippen molar-refractivity contribution in [3.8, 4) is 0 Å². The molecule has 3 heterocycles. The number of esters is 1. The van der Waals surface area contributed by atoms with Gasteiger partial charge in [-0.05, 0) is 47.2 Å². The van der Waals surface area contributed by atoms with Crippen molar-refractivity contribution < 1.29 is 14.3 Å². The summed E-state index contributed by atoms with van der Waals surface area (Å²) in [5.41, 5.74) is 7.43. The molecule has 4 aromatic rings. The lowest BCUT2D eigenvalue weighted by atomic mass is 9.89. The first-order valence-electron chi connectivity index (χ1n) is 11.1. The Hall–Kier alpha value is -3.44. The summed E-state index contributed by atoms with van der Waals surface area (Å²) in [7, 11) is 1.41. The molecule has 6 rings (SSSR count). The Bertz CT molecular complexity index is 1400. The normalized spacial score (nSPS) is 15.8. The Labute approximate surface area is 186 Å². The number of methoxy groups -OCH3 is 1. The van der Waals surface area contributed by atoms with Gasteiger partial charge in [-0.3, -0.25) is 14.3 Å².